The fourth-order valence-corrected chi connectivity index (χ4v) is 4.01. The Morgan fingerprint density at radius 3 is 2.68 bits per heavy atom. The van der Waals surface area contributed by atoms with E-state index < -0.39 is 30.2 Å². The molecule has 0 saturated carbocycles. The molecule has 0 atom stereocenters. The third-order valence-corrected chi connectivity index (χ3v) is 5.53. The number of halogens is 1. The lowest BCUT2D eigenvalue weighted by Crippen LogP contribution is -2.33. The second kappa shape index (κ2) is 7.12. The number of benzene rings is 1. The molecule has 128 valence electrons. The molecule has 5 nitrogen and oxygen atoms in total. The number of imide groups is 1. The van der Waals surface area contributed by atoms with Crippen molar-refractivity contribution in [2.75, 3.05) is 6.61 Å². The Morgan fingerprint density at radius 1 is 1.20 bits per heavy atom. The molecule has 0 spiro atoms. The van der Waals surface area contributed by atoms with Gasteiger partial charge in [0.2, 0.25) is 0 Å². The first kappa shape index (κ1) is 17.2. The molecule has 3 rings (SSSR count). The van der Waals surface area contributed by atoms with Crippen LogP contribution >= 0.6 is 22.7 Å². The number of nitrogens with one attached hydrogen (secondary N) is 1. The van der Waals surface area contributed by atoms with E-state index in [0.717, 1.165) is 11.3 Å². The van der Waals surface area contributed by atoms with Crippen LogP contribution in [0.15, 0.2) is 35.7 Å². The second-order valence-corrected chi connectivity index (χ2v) is 7.10. The predicted octanol–water partition coefficient (Wildman–Crippen LogP) is 3.52. The van der Waals surface area contributed by atoms with Gasteiger partial charge in [-0.05, 0) is 36.1 Å². The molecule has 2 amide bonds. The molecule has 0 fully saturated rings. The maximum Gasteiger partial charge on any atom is 0.349 e. The number of hydrogen-bond acceptors (Lipinski definition) is 6. The van der Waals surface area contributed by atoms with Crippen LogP contribution in [0, 0.1) is 12.7 Å². The molecular weight excluding hydrogens is 365 g/mol. The van der Waals surface area contributed by atoms with E-state index in [2.05, 4.69) is 5.32 Å². The highest BCUT2D eigenvalue weighted by molar-refractivity contribution is 7.21. The maximum absolute atomic E-state index is 13.9. The summed E-state index contributed by atoms with van der Waals surface area (Å²) in [6, 6.07) is 7.86. The van der Waals surface area contributed by atoms with Crippen LogP contribution in [0.25, 0.3) is 10.1 Å². The first-order chi connectivity index (χ1) is 12.0. The van der Waals surface area contributed by atoms with Crippen molar-refractivity contribution in [3.8, 4) is 0 Å². The summed E-state index contributed by atoms with van der Waals surface area (Å²) in [5, 5.41) is 4.22. The molecule has 0 unspecified atom stereocenters. The largest absolute Gasteiger partial charge is 0.451 e. The average Bonchev–Trinajstić information content (AvgIpc) is 3.21. The number of esters is 1. The number of ether oxygens (including phenoxy) is 1. The quantitative estimate of drug-likeness (QED) is 0.706. The van der Waals surface area contributed by atoms with E-state index in [-0.39, 0.29) is 4.88 Å². The highest BCUT2D eigenvalue weighted by Crippen LogP contribution is 2.32. The summed E-state index contributed by atoms with van der Waals surface area (Å²) >= 11 is 2.29. The van der Waals surface area contributed by atoms with Gasteiger partial charge in [-0.1, -0.05) is 12.1 Å². The minimum Gasteiger partial charge on any atom is -0.451 e. The van der Waals surface area contributed by atoms with Gasteiger partial charge in [0.1, 0.15) is 10.7 Å². The minimum atomic E-state index is -0.725. The summed E-state index contributed by atoms with van der Waals surface area (Å²) in [7, 11) is 0. The van der Waals surface area contributed by atoms with Crippen molar-refractivity contribution in [1.82, 2.24) is 5.32 Å². The van der Waals surface area contributed by atoms with Crippen molar-refractivity contribution in [3.05, 3.63) is 56.8 Å². The van der Waals surface area contributed by atoms with E-state index in [1.807, 2.05) is 0 Å². The van der Waals surface area contributed by atoms with Crippen LogP contribution in [0.5, 0.6) is 0 Å². The Balaban J connectivity index is 1.65. The van der Waals surface area contributed by atoms with Crippen LogP contribution in [0.3, 0.4) is 0 Å². The third kappa shape index (κ3) is 3.59. The fraction of sp³-hybridized carbons (Fsp3) is 0.118. The standard InChI is InChI=1S/C17H12FNO4S2/c1-9-14-10(18)4-2-5-11(14)25-15(9)17(22)23-8-13(20)19-16(21)12-6-3-7-24-12/h2-7H,8H2,1H3,(H,19,20,21). The van der Waals surface area contributed by atoms with Crippen LogP contribution in [0.2, 0.25) is 0 Å². The molecule has 3 aromatic rings. The molecule has 0 radical (unpaired) electrons. The Kier molecular flexibility index (Phi) is 4.91. The van der Waals surface area contributed by atoms with E-state index in [0.29, 0.717) is 20.5 Å². The second-order valence-electron chi connectivity index (χ2n) is 5.10. The van der Waals surface area contributed by atoms with Crippen molar-refractivity contribution in [3.63, 3.8) is 0 Å². The van der Waals surface area contributed by atoms with Crippen molar-refractivity contribution in [1.29, 1.82) is 0 Å². The Bertz CT molecular complexity index is 963. The average molecular weight is 377 g/mol. The smallest absolute Gasteiger partial charge is 0.349 e. The van der Waals surface area contributed by atoms with E-state index in [4.69, 9.17) is 4.74 Å². The van der Waals surface area contributed by atoms with Gasteiger partial charge in [0.15, 0.2) is 6.61 Å². The lowest BCUT2D eigenvalue weighted by atomic mass is 10.1. The predicted molar refractivity (Wildman–Crippen MR) is 93.6 cm³/mol. The van der Waals surface area contributed by atoms with Gasteiger partial charge in [-0.2, -0.15) is 0 Å². The number of aryl methyl sites for hydroxylation is 1. The van der Waals surface area contributed by atoms with Gasteiger partial charge in [-0.3, -0.25) is 14.9 Å². The molecule has 0 saturated heterocycles. The number of rotatable bonds is 4. The Morgan fingerprint density at radius 2 is 2.00 bits per heavy atom. The molecule has 0 aliphatic heterocycles. The molecule has 25 heavy (non-hydrogen) atoms. The summed E-state index contributed by atoms with van der Waals surface area (Å²) in [5.74, 6) is -2.41. The van der Waals surface area contributed by atoms with E-state index in [1.54, 1.807) is 36.6 Å². The zero-order valence-corrected chi connectivity index (χ0v) is 14.6. The van der Waals surface area contributed by atoms with Crippen molar-refractivity contribution >= 4 is 50.5 Å². The van der Waals surface area contributed by atoms with Crippen LogP contribution in [0.1, 0.15) is 24.9 Å². The summed E-state index contributed by atoms with van der Waals surface area (Å²) in [4.78, 5) is 36.3. The lowest BCUT2D eigenvalue weighted by molar-refractivity contribution is -0.123. The first-order valence-corrected chi connectivity index (χ1v) is 8.89. The Hall–Kier alpha value is -2.58. The number of thiophene rings is 2. The SMILES string of the molecule is Cc1c(C(=O)OCC(=O)NC(=O)c2cccs2)sc2cccc(F)c12. The van der Waals surface area contributed by atoms with E-state index in [9.17, 15) is 18.8 Å². The molecule has 0 aliphatic rings. The van der Waals surface area contributed by atoms with Crippen LogP contribution in [-0.2, 0) is 9.53 Å². The lowest BCUT2D eigenvalue weighted by Gasteiger charge is -2.04. The summed E-state index contributed by atoms with van der Waals surface area (Å²) in [5.41, 5.74) is 0.471. The van der Waals surface area contributed by atoms with Gasteiger partial charge in [-0.15, -0.1) is 22.7 Å². The zero-order chi connectivity index (χ0) is 18.0. The number of fused-ring (bicyclic) bond motifs is 1. The fourth-order valence-electron chi connectivity index (χ4n) is 2.28. The van der Waals surface area contributed by atoms with Gasteiger partial charge in [0.25, 0.3) is 11.8 Å². The highest BCUT2D eigenvalue weighted by Gasteiger charge is 2.20. The molecule has 0 aliphatic carbocycles. The summed E-state index contributed by atoms with van der Waals surface area (Å²) in [6.07, 6.45) is 0. The van der Waals surface area contributed by atoms with Crippen LogP contribution in [-0.4, -0.2) is 24.4 Å². The van der Waals surface area contributed by atoms with Crippen LogP contribution in [0.4, 0.5) is 4.39 Å². The molecular formula is C17H12FNO4S2. The van der Waals surface area contributed by atoms with Gasteiger partial charge < -0.3 is 4.74 Å². The highest BCUT2D eigenvalue weighted by atomic mass is 32.1. The molecule has 2 aromatic heterocycles. The van der Waals surface area contributed by atoms with Gasteiger partial charge in [0, 0.05) is 10.1 Å². The molecule has 1 N–H and O–H groups in total. The number of carbonyl (C=O) groups is 3. The zero-order valence-electron chi connectivity index (χ0n) is 13.0. The molecule has 8 heteroatoms. The summed E-state index contributed by atoms with van der Waals surface area (Å²) in [6.45, 7) is 1.03. The van der Waals surface area contributed by atoms with Crippen molar-refractivity contribution in [2.45, 2.75) is 6.92 Å². The molecule has 2 heterocycles. The van der Waals surface area contributed by atoms with Crippen LogP contribution < -0.4 is 5.32 Å². The molecule has 1 aromatic carbocycles. The van der Waals surface area contributed by atoms with E-state index in [1.165, 1.54) is 17.4 Å². The summed E-state index contributed by atoms with van der Waals surface area (Å²) < 4.78 is 19.4. The first-order valence-electron chi connectivity index (χ1n) is 7.20. The van der Waals surface area contributed by atoms with Crippen molar-refractivity contribution in [2.24, 2.45) is 0 Å². The van der Waals surface area contributed by atoms with Gasteiger partial charge in [0.05, 0.1) is 4.88 Å². The normalized spacial score (nSPS) is 10.6. The number of hydrogen-bond donors (Lipinski definition) is 1. The van der Waals surface area contributed by atoms with Crippen molar-refractivity contribution < 1.29 is 23.5 Å². The third-order valence-electron chi connectivity index (χ3n) is 3.42. The van der Waals surface area contributed by atoms with Gasteiger partial charge in [-0.25, -0.2) is 9.18 Å². The topological polar surface area (TPSA) is 72.5 Å². The number of carbonyl (C=O) groups excluding carboxylic acids is 3. The Labute approximate surface area is 150 Å². The maximum atomic E-state index is 13.9. The molecule has 0 bridgehead atoms. The minimum absolute atomic E-state index is 0.234. The monoisotopic (exact) mass is 377 g/mol. The number of amides is 2. The van der Waals surface area contributed by atoms with E-state index >= 15 is 0 Å². The van der Waals surface area contributed by atoms with Gasteiger partial charge >= 0.3 is 5.97 Å².